The number of rotatable bonds is 1. The Morgan fingerprint density at radius 2 is 2.10 bits per heavy atom. The van der Waals surface area contributed by atoms with E-state index in [0.717, 1.165) is 17.8 Å². The molecule has 56 valence electrons. The van der Waals surface area contributed by atoms with Crippen molar-refractivity contribution in [1.29, 1.82) is 0 Å². The maximum absolute atomic E-state index is 10.6. The van der Waals surface area contributed by atoms with Crippen LogP contribution in [0.4, 0.5) is 0 Å². The van der Waals surface area contributed by atoms with Gasteiger partial charge in [0.15, 0.2) is 0 Å². The summed E-state index contributed by atoms with van der Waals surface area (Å²) in [4.78, 5) is 10.6. The zero-order valence-electron chi connectivity index (χ0n) is 6.42. The number of carbonyl (C=O) groups excluding carboxylic acids is 1. The minimum absolute atomic E-state index is 0.131. The van der Waals surface area contributed by atoms with E-state index in [0.29, 0.717) is 6.04 Å². The second-order valence-electron chi connectivity index (χ2n) is 3.65. The zero-order valence-corrected chi connectivity index (χ0v) is 6.42. The van der Waals surface area contributed by atoms with Crippen molar-refractivity contribution in [3.63, 3.8) is 0 Å². The van der Waals surface area contributed by atoms with Crippen molar-refractivity contribution in [2.75, 3.05) is 0 Å². The number of amides is 1. The third kappa shape index (κ3) is 0.568. The SMILES string of the molecule is CC(=O)NC1C2CC1C2C. The van der Waals surface area contributed by atoms with E-state index in [9.17, 15) is 4.79 Å². The topological polar surface area (TPSA) is 29.1 Å². The Bertz CT molecular complexity index is 168. The summed E-state index contributed by atoms with van der Waals surface area (Å²) < 4.78 is 0. The quantitative estimate of drug-likeness (QED) is 0.571. The third-order valence-electron chi connectivity index (χ3n) is 3.19. The molecule has 3 aliphatic carbocycles. The molecule has 3 rings (SSSR count). The number of carbonyl (C=O) groups is 1. The van der Waals surface area contributed by atoms with Gasteiger partial charge < -0.3 is 5.32 Å². The summed E-state index contributed by atoms with van der Waals surface area (Å²) in [5.74, 6) is 2.64. The highest BCUT2D eigenvalue weighted by molar-refractivity contribution is 5.73. The van der Waals surface area contributed by atoms with E-state index in [4.69, 9.17) is 0 Å². The molecule has 0 aromatic rings. The Kier molecular flexibility index (Phi) is 1.08. The molecule has 0 aromatic carbocycles. The first-order chi connectivity index (χ1) is 4.70. The lowest BCUT2D eigenvalue weighted by Gasteiger charge is -2.63. The predicted molar refractivity (Wildman–Crippen MR) is 38.4 cm³/mol. The normalized spacial score (nSPS) is 49.0. The van der Waals surface area contributed by atoms with Crippen molar-refractivity contribution in [3.8, 4) is 0 Å². The van der Waals surface area contributed by atoms with Crippen molar-refractivity contribution in [3.05, 3.63) is 0 Å². The van der Waals surface area contributed by atoms with Gasteiger partial charge in [-0.25, -0.2) is 0 Å². The molecule has 0 spiro atoms. The van der Waals surface area contributed by atoms with Crippen molar-refractivity contribution >= 4 is 5.91 Å². The van der Waals surface area contributed by atoms with Gasteiger partial charge >= 0.3 is 0 Å². The van der Waals surface area contributed by atoms with E-state index < -0.39 is 0 Å². The van der Waals surface area contributed by atoms with E-state index in [1.165, 1.54) is 6.42 Å². The predicted octanol–water partition coefficient (Wildman–Crippen LogP) is 0.777. The van der Waals surface area contributed by atoms with Gasteiger partial charge in [0.1, 0.15) is 0 Å². The van der Waals surface area contributed by atoms with Gasteiger partial charge in [0.05, 0.1) is 0 Å². The molecule has 10 heavy (non-hydrogen) atoms. The molecule has 3 fully saturated rings. The van der Waals surface area contributed by atoms with Crippen LogP contribution in [0.1, 0.15) is 20.3 Å². The molecular formula is C8H13NO. The minimum atomic E-state index is 0.131. The Morgan fingerprint density at radius 3 is 2.40 bits per heavy atom. The van der Waals surface area contributed by atoms with Crippen LogP contribution in [0, 0.1) is 17.8 Å². The van der Waals surface area contributed by atoms with Crippen LogP contribution in [-0.2, 0) is 4.79 Å². The van der Waals surface area contributed by atoms with Gasteiger partial charge in [-0.2, -0.15) is 0 Å². The first kappa shape index (κ1) is 6.20. The summed E-state index contributed by atoms with van der Waals surface area (Å²) in [7, 11) is 0. The second-order valence-corrected chi connectivity index (χ2v) is 3.65. The van der Waals surface area contributed by atoms with Gasteiger partial charge in [-0.05, 0) is 24.2 Å². The first-order valence-corrected chi connectivity index (χ1v) is 3.97. The minimum Gasteiger partial charge on any atom is -0.353 e. The number of hydrogen-bond acceptors (Lipinski definition) is 1. The van der Waals surface area contributed by atoms with Gasteiger partial charge in [-0.15, -0.1) is 0 Å². The molecule has 0 saturated heterocycles. The van der Waals surface area contributed by atoms with Crippen LogP contribution >= 0.6 is 0 Å². The van der Waals surface area contributed by atoms with Crippen molar-refractivity contribution in [2.24, 2.45) is 17.8 Å². The van der Waals surface area contributed by atoms with Crippen LogP contribution in [0.3, 0.4) is 0 Å². The summed E-state index contributed by atoms with van der Waals surface area (Å²) in [6.07, 6.45) is 1.35. The van der Waals surface area contributed by atoms with Gasteiger partial charge in [0, 0.05) is 13.0 Å². The van der Waals surface area contributed by atoms with Crippen LogP contribution in [0.2, 0.25) is 0 Å². The van der Waals surface area contributed by atoms with E-state index in [1.807, 2.05) is 0 Å². The first-order valence-electron chi connectivity index (χ1n) is 3.97. The van der Waals surface area contributed by atoms with Crippen molar-refractivity contribution < 1.29 is 4.79 Å². The van der Waals surface area contributed by atoms with E-state index >= 15 is 0 Å². The Labute approximate surface area is 61.0 Å². The number of nitrogens with one attached hydrogen (secondary N) is 1. The third-order valence-corrected chi connectivity index (χ3v) is 3.19. The van der Waals surface area contributed by atoms with E-state index in [-0.39, 0.29) is 5.91 Å². The summed E-state index contributed by atoms with van der Waals surface area (Å²) in [6, 6.07) is 0.549. The van der Waals surface area contributed by atoms with Gasteiger partial charge in [0.2, 0.25) is 5.91 Å². The van der Waals surface area contributed by atoms with E-state index in [1.54, 1.807) is 6.92 Å². The van der Waals surface area contributed by atoms with Gasteiger partial charge in [-0.1, -0.05) is 6.92 Å². The molecule has 2 atom stereocenters. The lowest BCUT2D eigenvalue weighted by molar-refractivity contribution is -0.140. The number of hydrogen-bond donors (Lipinski definition) is 1. The second kappa shape index (κ2) is 1.74. The maximum atomic E-state index is 10.6. The van der Waals surface area contributed by atoms with Crippen molar-refractivity contribution in [1.82, 2.24) is 5.32 Å². The molecule has 0 aliphatic heterocycles. The highest BCUT2D eigenvalue weighted by atomic mass is 16.1. The fraction of sp³-hybridized carbons (Fsp3) is 0.875. The molecule has 2 nitrogen and oxygen atoms in total. The maximum Gasteiger partial charge on any atom is 0.217 e. The molecule has 0 aromatic heterocycles. The molecule has 0 heterocycles. The van der Waals surface area contributed by atoms with Crippen LogP contribution in [0.5, 0.6) is 0 Å². The molecule has 3 saturated carbocycles. The van der Waals surface area contributed by atoms with Crippen LogP contribution in [0.25, 0.3) is 0 Å². The standard InChI is InChI=1S/C8H13NO/c1-4-6-3-7(4)8(6)9-5(2)10/h4,6-8H,3H2,1-2H3,(H,9,10). The summed E-state index contributed by atoms with van der Waals surface area (Å²) >= 11 is 0. The van der Waals surface area contributed by atoms with Crippen molar-refractivity contribution in [2.45, 2.75) is 26.3 Å². The Hall–Kier alpha value is -0.530. The molecule has 3 aliphatic rings. The fourth-order valence-corrected chi connectivity index (χ4v) is 2.24. The molecule has 1 amide bonds. The molecule has 2 unspecified atom stereocenters. The summed E-state index contributed by atoms with van der Waals surface area (Å²) in [5, 5.41) is 2.97. The lowest BCUT2D eigenvalue weighted by Crippen LogP contribution is -2.68. The average molecular weight is 139 g/mol. The largest absolute Gasteiger partial charge is 0.353 e. The smallest absolute Gasteiger partial charge is 0.217 e. The molecular weight excluding hydrogens is 126 g/mol. The van der Waals surface area contributed by atoms with Crippen LogP contribution in [0.15, 0.2) is 0 Å². The van der Waals surface area contributed by atoms with Crippen LogP contribution < -0.4 is 5.32 Å². The molecule has 1 N–H and O–H groups in total. The fourth-order valence-electron chi connectivity index (χ4n) is 2.24. The Morgan fingerprint density at radius 1 is 1.50 bits per heavy atom. The van der Waals surface area contributed by atoms with Crippen LogP contribution in [-0.4, -0.2) is 11.9 Å². The highest BCUT2D eigenvalue weighted by Gasteiger charge is 2.58. The van der Waals surface area contributed by atoms with Gasteiger partial charge in [0.25, 0.3) is 0 Å². The summed E-state index contributed by atoms with van der Waals surface area (Å²) in [6.45, 7) is 3.87. The Balaban J connectivity index is 1.85. The molecule has 0 radical (unpaired) electrons. The summed E-state index contributed by atoms with van der Waals surface area (Å²) in [5.41, 5.74) is 0. The average Bonchev–Trinajstić information content (AvgIpc) is 1.78. The van der Waals surface area contributed by atoms with E-state index in [2.05, 4.69) is 12.2 Å². The molecule has 2 bridgehead atoms. The zero-order chi connectivity index (χ0) is 7.30. The molecule has 2 heteroatoms. The monoisotopic (exact) mass is 139 g/mol. The lowest BCUT2D eigenvalue weighted by atomic mass is 9.45. The highest BCUT2D eigenvalue weighted by Crippen LogP contribution is 2.58. The van der Waals surface area contributed by atoms with Gasteiger partial charge in [-0.3, -0.25) is 4.79 Å².